The van der Waals surface area contributed by atoms with Crippen LogP contribution in [0.5, 0.6) is 0 Å². The lowest BCUT2D eigenvalue weighted by Crippen LogP contribution is -2.25. The Bertz CT molecular complexity index is 560. The Morgan fingerprint density at radius 1 is 1.10 bits per heavy atom. The van der Waals surface area contributed by atoms with Crippen LogP contribution in [0.15, 0.2) is 53.4 Å². The molecule has 0 aromatic heterocycles. The molecule has 112 valence electrons. The van der Waals surface area contributed by atoms with Gasteiger partial charge in [-0.05, 0) is 31.2 Å². The summed E-state index contributed by atoms with van der Waals surface area (Å²) in [5, 5.41) is 3.33. The van der Waals surface area contributed by atoms with Crippen molar-refractivity contribution in [3.63, 3.8) is 0 Å². The molecular weight excluding hydrogens is 288 g/mol. The first-order valence-corrected chi connectivity index (χ1v) is 8.05. The van der Waals surface area contributed by atoms with Gasteiger partial charge in [0.05, 0.1) is 0 Å². The molecule has 0 saturated heterocycles. The third-order valence-electron chi connectivity index (χ3n) is 3.14. The molecule has 0 fully saturated rings. The van der Waals surface area contributed by atoms with Crippen molar-refractivity contribution in [1.29, 1.82) is 0 Å². The highest BCUT2D eigenvalue weighted by Crippen LogP contribution is 2.26. The van der Waals surface area contributed by atoms with Crippen LogP contribution in [-0.2, 0) is 0 Å². The smallest absolute Gasteiger partial charge is 0.130 e. The number of thioether (sulfide) groups is 1. The summed E-state index contributed by atoms with van der Waals surface area (Å²) in [6.07, 6.45) is 0.968. The van der Waals surface area contributed by atoms with Crippen LogP contribution >= 0.6 is 11.8 Å². The van der Waals surface area contributed by atoms with Crippen molar-refractivity contribution >= 4 is 11.8 Å². The number of halogens is 2. The zero-order valence-electron chi connectivity index (χ0n) is 12.0. The second-order valence-corrected chi connectivity index (χ2v) is 5.89. The van der Waals surface area contributed by atoms with Crippen LogP contribution in [0.25, 0.3) is 0 Å². The number of nitrogens with one attached hydrogen (secondary N) is 1. The summed E-state index contributed by atoms with van der Waals surface area (Å²) in [6, 6.07) is 13.7. The zero-order valence-corrected chi connectivity index (χ0v) is 12.8. The van der Waals surface area contributed by atoms with Gasteiger partial charge in [0.15, 0.2) is 0 Å². The minimum Gasteiger partial charge on any atom is -0.309 e. The van der Waals surface area contributed by atoms with Crippen LogP contribution < -0.4 is 5.32 Å². The molecule has 0 saturated carbocycles. The van der Waals surface area contributed by atoms with Gasteiger partial charge in [0.25, 0.3) is 0 Å². The van der Waals surface area contributed by atoms with E-state index in [4.69, 9.17) is 0 Å². The monoisotopic (exact) mass is 307 g/mol. The Morgan fingerprint density at radius 2 is 1.86 bits per heavy atom. The molecule has 2 aromatic rings. The predicted octanol–water partition coefficient (Wildman–Crippen LogP) is 4.80. The summed E-state index contributed by atoms with van der Waals surface area (Å²) in [7, 11) is 0. The summed E-state index contributed by atoms with van der Waals surface area (Å²) in [5.74, 6) is -0.328. The van der Waals surface area contributed by atoms with Gasteiger partial charge in [-0.1, -0.05) is 31.2 Å². The van der Waals surface area contributed by atoms with Crippen molar-refractivity contribution in [2.75, 3.05) is 12.3 Å². The van der Waals surface area contributed by atoms with Crippen molar-refractivity contribution in [3.8, 4) is 0 Å². The molecule has 1 unspecified atom stereocenters. The fraction of sp³-hybridized carbons (Fsp3) is 0.294. The van der Waals surface area contributed by atoms with Gasteiger partial charge in [0, 0.05) is 28.3 Å². The topological polar surface area (TPSA) is 12.0 Å². The Morgan fingerprint density at radius 3 is 2.52 bits per heavy atom. The number of hydrogen-bond donors (Lipinski definition) is 1. The molecule has 0 heterocycles. The molecule has 1 nitrogen and oxygen atoms in total. The Balaban J connectivity index is 2.10. The lowest BCUT2D eigenvalue weighted by molar-refractivity contribution is 0.521. The van der Waals surface area contributed by atoms with Gasteiger partial charge in [-0.3, -0.25) is 0 Å². The average Bonchev–Trinajstić information content (AvgIpc) is 2.49. The fourth-order valence-electron chi connectivity index (χ4n) is 2.06. The van der Waals surface area contributed by atoms with E-state index in [-0.39, 0.29) is 6.04 Å². The van der Waals surface area contributed by atoms with E-state index in [0.29, 0.717) is 11.3 Å². The highest BCUT2D eigenvalue weighted by atomic mass is 32.2. The van der Waals surface area contributed by atoms with Gasteiger partial charge in [0.1, 0.15) is 11.6 Å². The minimum absolute atomic E-state index is 0.129. The second-order valence-electron chi connectivity index (χ2n) is 4.80. The molecule has 0 amide bonds. The third kappa shape index (κ3) is 4.83. The van der Waals surface area contributed by atoms with E-state index in [1.54, 1.807) is 11.8 Å². The van der Waals surface area contributed by atoms with Crippen molar-refractivity contribution in [3.05, 3.63) is 65.7 Å². The maximum Gasteiger partial charge on any atom is 0.130 e. The molecule has 1 N–H and O–H groups in total. The Hall–Kier alpha value is -1.39. The Labute approximate surface area is 128 Å². The van der Waals surface area contributed by atoms with E-state index in [9.17, 15) is 8.78 Å². The van der Waals surface area contributed by atoms with Gasteiger partial charge in [-0.25, -0.2) is 8.78 Å². The number of benzene rings is 2. The lowest BCUT2D eigenvalue weighted by atomic mass is 10.1. The molecule has 1 atom stereocenters. The Kier molecular flexibility index (Phi) is 6.21. The second kappa shape index (κ2) is 8.15. The van der Waals surface area contributed by atoms with E-state index in [2.05, 4.69) is 12.2 Å². The summed E-state index contributed by atoms with van der Waals surface area (Å²) < 4.78 is 27.0. The maximum absolute atomic E-state index is 14.0. The van der Waals surface area contributed by atoms with Crippen LogP contribution in [-0.4, -0.2) is 12.3 Å². The molecule has 2 rings (SSSR count). The normalized spacial score (nSPS) is 12.3. The molecule has 0 spiro atoms. The van der Waals surface area contributed by atoms with Crippen LogP contribution in [0, 0.1) is 11.6 Å². The van der Waals surface area contributed by atoms with E-state index in [0.717, 1.165) is 23.9 Å². The maximum atomic E-state index is 14.0. The zero-order chi connectivity index (χ0) is 15.1. The van der Waals surface area contributed by atoms with Gasteiger partial charge < -0.3 is 5.32 Å². The molecule has 4 heteroatoms. The first kappa shape index (κ1) is 16.0. The highest BCUT2D eigenvalue weighted by Gasteiger charge is 2.16. The molecule has 0 aliphatic carbocycles. The quantitative estimate of drug-likeness (QED) is 0.738. The van der Waals surface area contributed by atoms with Crippen LogP contribution in [0.3, 0.4) is 0 Å². The molecule has 0 bridgehead atoms. The molecule has 0 radical (unpaired) electrons. The third-order valence-corrected chi connectivity index (χ3v) is 4.24. The average molecular weight is 307 g/mol. The van der Waals surface area contributed by atoms with Gasteiger partial charge >= 0.3 is 0 Å². The van der Waals surface area contributed by atoms with Crippen molar-refractivity contribution in [1.82, 2.24) is 5.32 Å². The summed E-state index contributed by atoms with van der Waals surface area (Å²) in [5.41, 5.74) is 0.522. The molecular formula is C17H19F2NS. The van der Waals surface area contributed by atoms with Crippen molar-refractivity contribution < 1.29 is 8.78 Å². The van der Waals surface area contributed by atoms with E-state index < -0.39 is 11.6 Å². The highest BCUT2D eigenvalue weighted by molar-refractivity contribution is 7.99. The van der Waals surface area contributed by atoms with Crippen LogP contribution in [0.1, 0.15) is 24.9 Å². The standard InChI is InChI=1S/C17H19F2NS/c1-2-10-20-17(12-21-14-6-4-3-5-7-14)15-9-8-13(18)11-16(15)19/h3-9,11,17,20H,2,10,12H2,1H3. The molecule has 2 aromatic carbocycles. The van der Waals surface area contributed by atoms with E-state index in [1.165, 1.54) is 12.1 Å². The number of rotatable bonds is 7. The first-order chi connectivity index (χ1) is 10.2. The lowest BCUT2D eigenvalue weighted by Gasteiger charge is -2.19. The van der Waals surface area contributed by atoms with Crippen LogP contribution in [0.4, 0.5) is 8.78 Å². The largest absolute Gasteiger partial charge is 0.309 e. The number of hydrogen-bond acceptors (Lipinski definition) is 2. The molecule has 21 heavy (non-hydrogen) atoms. The molecule has 0 aliphatic rings. The van der Waals surface area contributed by atoms with Crippen molar-refractivity contribution in [2.24, 2.45) is 0 Å². The predicted molar refractivity (Wildman–Crippen MR) is 84.6 cm³/mol. The van der Waals surface area contributed by atoms with Gasteiger partial charge in [-0.2, -0.15) is 0 Å². The SMILES string of the molecule is CCCNC(CSc1ccccc1)c1ccc(F)cc1F. The van der Waals surface area contributed by atoms with Crippen molar-refractivity contribution in [2.45, 2.75) is 24.3 Å². The minimum atomic E-state index is -0.541. The van der Waals surface area contributed by atoms with Gasteiger partial charge in [-0.15, -0.1) is 11.8 Å². The molecule has 0 aliphatic heterocycles. The summed E-state index contributed by atoms with van der Waals surface area (Å²) in [4.78, 5) is 1.14. The summed E-state index contributed by atoms with van der Waals surface area (Å²) in [6.45, 7) is 2.87. The van der Waals surface area contributed by atoms with Crippen LogP contribution in [0.2, 0.25) is 0 Å². The van der Waals surface area contributed by atoms with Gasteiger partial charge in [0.2, 0.25) is 0 Å². The summed E-state index contributed by atoms with van der Waals surface area (Å²) >= 11 is 1.66. The van der Waals surface area contributed by atoms with E-state index >= 15 is 0 Å². The fourth-order valence-corrected chi connectivity index (χ4v) is 3.06. The first-order valence-electron chi connectivity index (χ1n) is 7.07. The van der Waals surface area contributed by atoms with E-state index in [1.807, 2.05) is 30.3 Å².